The van der Waals surface area contributed by atoms with Crippen LogP contribution in [0.1, 0.15) is 56.6 Å². The molecular weight excluding hydrogens is 312 g/mol. The van der Waals surface area contributed by atoms with Crippen LogP contribution in [0.15, 0.2) is 36.4 Å². The number of hydrogen-bond acceptors (Lipinski definition) is 2. The summed E-state index contributed by atoms with van der Waals surface area (Å²) >= 11 is 0. The Hall–Kier alpha value is -1.97. The van der Waals surface area contributed by atoms with E-state index in [1.807, 2.05) is 18.2 Å². The van der Waals surface area contributed by atoms with Gasteiger partial charge in [-0.05, 0) is 56.4 Å². The smallest absolute Gasteiger partial charge is 0.317 e. The third-order valence-corrected chi connectivity index (χ3v) is 5.99. The van der Waals surface area contributed by atoms with Crippen LogP contribution in [-0.4, -0.2) is 30.6 Å². The van der Waals surface area contributed by atoms with E-state index in [0.717, 1.165) is 63.1 Å². The molecule has 0 aromatic heterocycles. The number of nitrogens with zero attached hydrogens (tertiary/aromatic N) is 1. The van der Waals surface area contributed by atoms with E-state index in [0.29, 0.717) is 5.41 Å². The number of fused-ring (bicyclic) bond motifs is 1. The number of para-hydroxylation sites is 1. The van der Waals surface area contributed by atoms with Gasteiger partial charge in [0, 0.05) is 18.7 Å². The summed E-state index contributed by atoms with van der Waals surface area (Å²) in [5, 5.41) is 3.30. The first-order valence-electron chi connectivity index (χ1n) is 9.68. The number of benzene rings is 1. The number of urea groups is 1. The zero-order valence-corrected chi connectivity index (χ0v) is 14.9. The molecule has 1 N–H and O–H groups in total. The van der Waals surface area contributed by atoms with Gasteiger partial charge in [-0.2, -0.15) is 0 Å². The highest BCUT2D eigenvalue weighted by Crippen LogP contribution is 2.41. The predicted molar refractivity (Wildman–Crippen MR) is 98.7 cm³/mol. The second-order valence-electron chi connectivity index (χ2n) is 7.77. The standard InChI is InChI=1S/C21H28N2O2/c24-20(23-14-7-13-21(16-23)11-4-1-5-12-21)22-18-9-6-15-25-19-10-3-2-8-17(18)19/h1-4,8,10,18H,5-7,9,11-16H2,(H,22,24)/t18-,21-/m1/s1. The molecule has 0 radical (unpaired) electrons. The van der Waals surface area contributed by atoms with E-state index < -0.39 is 0 Å². The molecular formula is C21H28N2O2. The normalized spacial score (nSPS) is 28.8. The summed E-state index contributed by atoms with van der Waals surface area (Å²) in [6, 6.07) is 8.25. The van der Waals surface area contributed by atoms with Gasteiger partial charge in [-0.1, -0.05) is 30.4 Å². The molecule has 25 heavy (non-hydrogen) atoms. The molecule has 2 aliphatic heterocycles. The number of allylic oxidation sites excluding steroid dienone is 2. The maximum Gasteiger partial charge on any atom is 0.317 e. The average molecular weight is 340 g/mol. The molecule has 2 atom stereocenters. The van der Waals surface area contributed by atoms with Crippen molar-refractivity contribution in [2.45, 2.75) is 51.0 Å². The molecule has 4 nitrogen and oxygen atoms in total. The Balaban J connectivity index is 1.46. The Bertz CT molecular complexity index is 657. The minimum Gasteiger partial charge on any atom is -0.493 e. The van der Waals surface area contributed by atoms with Gasteiger partial charge in [0.05, 0.1) is 12.6 Å². The number of carbonyl (C=O) groups is 1. The van der Waals surface area contributed by atoms with Crippen LogP contribution in [-0.2, 0) is 0 Å². The van der Waals surface area contributed by atoms with E-state index in [2.05, 4.69) is 28.4 Å². The second kappa shape index (κ2) is 7.11. The Morgan fingerprint density at radius 3 is 3.00 bits per heavy atom. The van der Waals surface area contributed by atoms with Crippen LogP contribution in [0.25, 0.3) is 0 Å². The zero-order chi connectivity index (χ0) is 17.1. The third kappa shape index (κ3) is 3.53. The van der Waals surface area contributed by atoms with Gasteiger partial charge in [-0.25, -0.2) is 4.79 Å². The number of rotatable bonds is 1. The van der Waals surface area contributed by atoms with Gasteiger partial charge < -0.3 is 15.0 Å². The van der Waals surface area contributed by atoms with Crippen molar-refractivity contribution in [2.75, 3.05) is 19.7 Å². The van der Waals surface area contributed by atoms with Crippen LogP contribution in [0, 0.1) is 5.41 Å². The lowest BCUT2D eigenvalue weighted by atomic mass is 9.71. The van der Waals surface area contributed by atoms with Crippen LogP contribution >= 0.6 is 0 Å². The van der Waals surface area contributed by atoms with Crippen LogP contribution in [0.5, 0.6) is 5.75 Å². The fourth-order valence-electron chi connectivity index (χ4n) is 4.61. The number of piperidine rings is 1. The first-order chi connectivity index (χ1) is 12.3. The second-order valence-corrected chi connectivity index (χ2v) is 7.77. The van der Waals surface area contributed by atoms with Crippen molar-refractivity contribution in [3.8, 4) is 5.75 Å². The van der Waals surface area contributed by atoms with Gasteiger partial charge in [0.25, 0.3) is 0 Å². The average Bonchev–Trinajstić information content (AvgIpc) is 2.85. The molecule has 134 valence electrons. The van der Waals surface area contributed by atoms with E-state index in [1.54, 1.807) is 0 Å². The summed E-state index contributed by atoms with van der Waals surface area (Å²) < 4.78 is 5.82. The Kier molecular flexibility index (Phi) is 4.69. The molecule has 1 aromatic carbocycles. The molecule has 1 aliphatic carbocycles. The van der Waals surface area contributed by atoms with Gasteiger partial charge in [0.1, 0.15) is 5.75 Å². The van der Waals surface area contributed by atoms with E-state index in [1.165, 1.54) is 12.8 Å². The molecule has 4 rings (SSSR count). The van der Waals surface area contributed by atoms with Gasteiger partial charge in [-0.15, -0.1) is 0 Å². The number of ether oxygens (including phenoxy) is 1. The van der Waals surface area contributed by atoms with Crippen molar-refractivity contribution in [1.29, 1.82) is 0 Å². The quantitative estimate of drug-likeness (QED) is 0.768. The van der Waals surface area contributed by atoms with Gasteiger partial charge in [0.15, 0.2) is 0 Å². The van der Waals surface area contributed by atoms with E-state index in [9.17, 15) is 4.79 Å². The number of carbonyl (C=O) groups excluding carboxylic acids is 1. The highest BCUT2D eigenvalue weighted by atomic mass is 16.5. The number of nitrogens with one attached hydrogen (secondary N) is 1. The fraction of sp³-hybridized carbons (Fsp3) is 0.571. The largest absolute Gasteiger partial charge is 0.493 e. The summed E-state index contributed by atoms with van der Waals surface area (Å²) in [5.41, 5.74) is 1.43. The molecule has 1 spiro atoms. The summed E-state index contributed by atoms with van der Waals surface area (Å²) in [6.45, 7) is 2.50. The number of amides is 2. The Morgan fingerprint density at radius 2 is 2.12 bits per heavy atom. The minimum absolute atomic E-state index is 0.0512. The lowest BCUT2D eigenvalue weighted by Crippen LogP contribution is -2.50. The van der Waals surface area contributed by atoms with Crippen LogP contribution in [0.4, 0.5) is 4.79 Å². The molecule has 1 fully saturated rings. The maximum atomic E-state index is 13.0. The van der Waals surface area contributed by atoms with Crippen LogP contribution < -0.4 is 10.1 Å². The van der Waals surface area contributed by atoms with E-state index in [4.69, 9.17) is 4.74 Å². The topological polar surface area (TPSA) is 41.6 Å². The molecule has 1 aromatic rings. The summed E-state index contributed by atoms with van der Waals surface area (Å²) in [5.74, 6) is 0.915. The van der Waals surface area contributed by atoms with E-state index >= 15 is 0 Å². The molecule has 0 saturated carbocycles. The van der Waals surface area contributed by atoms with E-state index in [-0.39, 0.29) is 12.1 Å². The third-order valence-electron chi connectivity index (χ3n) is 5.99. The molecule has 2 heterocycles. The van der Waals surface area contributed by atoms with Crippen molar-refractivity contribution >= 4 is 6.03 Å². The number of hydrogen-bond donors (Lipinski definition) is 1. The van der Waals surface area contributed by atoms with Crippen molar-refractivity contribution in [3.05, 3.63) is 42.0 Å². The molecule has 0 unspecified atom stereocenters. The summed E-state index contributed by atoms with van der Waals surface area (Å²) in [6.07, 6.45) is 12.4. The van der Waals surface area contributed by atoms with Crippen molar-refractivity contribution < 1.29 is 9.53 Å². The Labute approximate surface area is 150 Å². The summed E-state index contributed by atoms with van der Waals surface area (Å²) in [4.78, 5) is 15.0. The monoisotopic (exact) mass is 340 g/mol. The maximum absolute atomic E-state index is 13.0. The van der Waals surface area contributed by atoms with Crippen molar-refractivity contribution in [2.24, 2.45) is 5.41 Å². The predicted octanol–water partition coefficient (Wildman–Crippen LogP) is 4.43. The number of likely N-dealkylation sites (tertiary alicyclic amines) is 1. The van der Waals surface area contributed by atoms with Crippen molar-refractivity contribution in [3.63, 3.8) is 0 Å². The fourth-order valence-corrected chi connectivity index (χ4v) is 4.61. The van der Waals surface area contributed by atoms with Gasteiger partial charge >= 0.3 is 6.03 Å². The minimum atomic E-state index is 0.0512. The molecule has 2 amide bonds. The molecule has 0 bridgehead atoms. The highest BCUT2D eigenvalue weighted by Gasteiger charge is 2.37. The highest BCUT2D eigenvalue weighted by molar-refractivity contribution is 5.75. The molecule has 4 heteroatoms. The molecule has 3 aliphatic rings. The van der Waals surface area contributed by atoms with Gasteiger partial charge in [0.2, 0.25) is 0 Å². The zero-order valence-electron chi connectivity index (χ0n) is 14.9. The van der Waals surface area contributed by atoms with Gasteiger partial charge in [-0.3, -0.25) is 0 Å². The summed E-state index contributed by atoms with van der Waals surface area (Å²) in [7, 11) is 0. The lowest BCUT2D eigenvalue weighted by molar-refractivity contribution is 0.0944. The van der Waals surface area contributed by atoms with Crippen molar-refractivity contribution in [1.82, 2.24) is 10.2 Å². The first-order valence-corrected chi connectivity index (χ1v) is 9.68. The molecule has 1 saturated heterocycles. The van der Waals surface area contributed by atoms with Crippen LogP contribution in [0.3, 0.4) is 0 Å². The lowest BCUT2D eigenvalue weighted by Gasteiger charge is -2.44. The SMILES string of the molecule is O=C(N[C@@H]1CCCOc2ccccc21)N1CCC[C@]2(CC=CCC2)C1. The van der Waals surface area contributed by atoms with Crippen LogP contribution in [0.2, 0.25) is 0 Å². The Morgan fingerprint density at radius 1 is 1.20 bits per heavy atom. The first kappa shape index (κ1) is 16.5.